The molecule has 2 aromatic heterocycles. The summed E-state index contributed by atoms with van der Waals surface area (Å²) in [6.45, 7) is 6.42. The number of hydrogen-bond donors (Lipinski definition) is 0. The quantitative estimate of drug-likeness (QED) is 0.234. The van der Waals surface area contributed by atoms with Crippen LogP contribution in [0, 0.1) is 11.3 Å². The van der Waals surface area contributed by atoms with E-state index in [-0.39, 0.29) is 18.7 Å². The average molecular weight is 587 g/mol. The van der Waals surface area contributed by atoms with E-state index >= 15 is 0 Å². The summed E-state index contributed by atoms with van der Waals surface area (Å²) in [5, 5.41) is 10.3. The van der Waals surface area contributed by atoms with Crippen LogP contribution in [0.2, 0.25) is 0 Å². The van der Waals surface area contributed by atoms with Gasteiger partial charge < -0.3 is 9.30 Å². The highest BCUT2D eigenvalue weighted by atomic mass is 32.1. The third-order valence-electron chi connectivity index (χ3n) is 7.64. The van der Waals surface area contributed by atoms with Crippen molar-refractivity contribution in [2.75, 3.05) is 6.61 Å². The highest BCUT2D eigenvalue weighted by molar-refractivity contribution is 7.07. The van der Waals surface area contributed by atoms with Crippen molar-refractivity contribution >= 4 is 40.0 Å². The first-order valence-electron chi connectivity index (χ1n) is 14.2. The van der Waals surface area contributed by atoms with Gasteiger partial charge in [-0.1, -0.05) is 98.0 Å². The number of rotatable bonds is 7. The molecule has 3 aromatic carbocycles. The second kappa shape index (κ2) is 11.7. The van der Waals surface area contributed by atoms with Gasteiger partial charge in [0.1, 0.15) is 6.54 Å². The fourth-order valence-electron chi connectivity index (χ4n) is 5.56. The lowest BCUT2D eigenvalue weighted by molar-refractivity contribution is -0.138. The highest BCUT2D eigenvalue weighted by Gasteiger charge is 2.35. The fraction of sp³-hybridized carbons (Fsp3) is 0.200. The number of hydrogen-bond acceptors (Lipinski definition) is 6. The summed E-state index contributed by atoms with van der Waals surface area (Å²) in [6, 6.07) is 26.9. The number of fused-ring (bicyclic) bond motifs is 2. The molecule has 0 spiro atoms. The van der Waals surface area contributed by atoms with E-state index in [1.54, 1.807) is 11.5 Å². The molecule has 0 bridgehead atoms. The molecule has 0 aliphatic carbocycles. The van der Waals surface area contributed by atoms with Gasteiger partial charge in [0.15, 0.2) is 4.80 Å². The summed E-state index contributed by atoms with van der Waals surface area (Å²) in [6.07, 6.45) is 3.75. The zero-order valence-corrected chi connectivity index (χ0v) is 25.0. The van der Waals surface area contributed by atoms with E-state index in [1.807, 2.05) is 95.7 Å². The lowest BCUT2D eigenvalue weighted by Gasteiger charge is -2.26. The Morgan fingerprint density at radius 1 is 1.07 bits per heavy atom. The Kier molecular flexibility index (Phi) is 7.66. The Hall–Kier alpha value is -5.00. The SMILES string of the molecule is CCOC(=O)C1=C(c2ccccc2)N=c2sc(=Cc3cn(CC#N)c4ccccc34)c(=O)n2[C@@H]1c1ccc(C(C)C)cc1. The van der Waals surface area contributed by atoms with Crippen molar-refractivity contribution in [2.24, 2.45) is 4.99 Å². The number of thiazole rings is 1. The third-order valence-corrected chi connectivity index (χ3v) is 8.62. The Morgan fingerprint density at radius 2 is 1.79 bits per heavy atom. The predicted octanol–water partition coefficient (Wildman–Crippen LogP) is 5.54. The molecule has 1 aliphatic heterocycles. The van der Waals surface area contributed by atoms with E-state index in [4.69, 9.17) is 9.73 Å². The van der Waals surface area contributed by atoms with Crippen LogP contribution in [-0.4, -0.2) is 21.7 Å². The van der Waals surface area contributed by atoms with Crippen LogP contribution in [0.4, 0.5) is 0 Å². The van der Waals surface area contributed by atoms with E-state index < -0.39 is 12.0 Å². The number of esters is 1. The third kappa shape index (κ3) is 5.13. The molecule has 6 rings (SSSR count). The van der Waals surface area contributed by atoms with Gasteiger partial charge in [-0.25, -0.2) is 9.79 Å². The summed E-state index contributed by atoms with van der Waals surface area (Å²) >= 11 is 1.29. The zero-order valence-electron chi connectivity index (χ0n) is 24.2. The van der Waals surface area contributed by atoms with Gasteiger partial charge in [-0.2, -0.15) is 5.26 Å². The molecule has 8 heteroatoms. The first kappa shape index (κ1) is 28.1. The predicted molar refractivity (Wildman–Crippen MR) is 169 cm³/mol. The Labute approximate surface area is 252 Å². The van der Waals surface area contributed by atoms with E-state index in [2.05, 4.69) is 19.9 Å². The second-order valence-corrected chi connectivity index (χ2v) is 11.6. The van der Waals surface area contributed by atoms with Crippen LogP contribution in [-0.2, 0) is 16.1 Å². The number of ether oxygens (including phenoxy) is 1. The van der Waals surface area contributed by atoms with Gasteiger partial charge in [-0.3, -0.25) is 9.36 Å². The van der Waals surface area contributed by atoms with Gasteiger partial charge in [0.25, 0.3) is 5.56 Å². The fourth-order valence-corrected chi connectivity index (χ4v) is 6.55. The molecule has 0 radical (unpaired) electrons. The van der Waals surface area contributed by atoms with Crippen molar-refractivity contribution in [3.8, 4) is 6.07 Å². The van der Waals surface area contributed by atoms with Crippen molar-refractivity contribution in [3.05, 3.63) is 133 Å². The Balaban J connectivity index is 1.64. The van der Waals surface area contributed by atoms with Gasteiger partial charge in [0, 0.05) is 28.2 Å². The topological polar surface area (TPSA) is 89.4 Å². The number of benzene rings is 3. The summed E-state index contributed by atoms with van der Waals surface area (Å²) in [5.74, 6) is -0.170. The van der Waals surface area contributed by atoms with Crippen LogP contribution >= 0.6 is 11.3 Å². The monoisotopic (exact) mass is 586 g/mol. The Bertz CT molecular complexity index is 2090. The van der Waals surface area contributed by atoms with Crippen LogP contribution in [0.1, 0.15) is 55.0 Å². The molecule has 0 N–H and O–H groups in total. The molecule has 0 amide bonds. The summed E-state index contributed by atoms with van der Waals surface area (Å²) in [7, 11) is 0. The first-order chi connectivity index (χ1) is 20.9. The van der Waals surface area contributed by atoms with Crippen molar-refractivity contribution in [1.82, 2.24) is 9.13 Å². The number of aromatic nitrogens is 2. The molecule has 214 valence electrons. The molecule has 0 saturated carbocycles. The van der Waals surface area contributed by atoms with Crippen molar-refractivity contribution < 1.29 is 9.53 Å². The van der Waals surface area contributed by atoms with Gasteiger partial charge in [-0.15, -0.1) is 0 Å². The largest absolute Gasteiger partial charge is 0.463 e. The standard InChI is InChI=1S/C35H30N4O3S/c1-4-42-34(41)30-31(24-10-6-5-7-11-24)37-35-39(32(30)25-16-14-23(15-17-25)22(2)3)33(40)29(43-35)20-26-21-38(19-18-36)28-13-9-8-12-27(26)28/h5-17,20-22,32H,4,19H2,1-3H3/t32-/m1/s1. The molecule has 0 saturated heterocycles. The van der Waals surface area contributed by atoms with Gasteiger partial charge in [0.2, 0.25) is 0 Å². The molecule has 5 aromatic rings. The minimum atomic E-state index is -0.728. The smallest absolute Gasteiger partial charge is 0.338 e. The summed E-state index contributed by atoms with van der Waals surface area (Å²) in [5.41, 5.74) is 5.07. The minimum Gasteiger partial charge on any atom is -0.463 e. The average Bonchev–Trinajstić information content (AvgIpc) is 3.53. The van der Waals surface area contributed by atoms with Crippen LogP contribution in [0.15, 0.2) is 100 Å². The highest BCUT2D eigenvalue weighted by Crippen LogP contribution is 2.35. The summed E-state index contributed by atoms with van der Waals surface area (Å²) in [4.78, 5) is 33.4. The maximum absolute atomic E-state index is 14.3. The molecule has 0 unspecified atom stereocenters. The summed E-state index contributed by atoms with van der Waals surface area (Å²) < 4.78 is 9.56. The van der Waals surface area contributed by atoms with Gasteiger partial charge in [-0.05, 0) is 36.1 Å². The van der Waals surface area contributed by atoms with Crippen molar-refractivity contribution in [2.45, 2.75) is 39.3 Å². The molecule has 7 nitrogen and oxygen atoms in total. The lowest BCUT2D eigenvalue weighted by atomic mass is 9.91. The number of nitriles is 1. The zero-order chi connectivity index (χ0) is 30.1. The first-order valence-corrected chi connectivity index (χ1v) is 15.1. The van der Waals surface area contributed by atoms with E-state index in [9.17, 15) is 14.9 Å². The number of carbonyl (C=O) groups excluding carboxylic acids is 1. The van der Waals surface area contributed by atoms with E-state index in [1.165, 1.54) is 11.3 Å². The van der Waals surface area contributed by atoms with Crippen LogP contribution in [0.25, 0.3) is 22.7 Å². The number of carbonyl (C=O) groups is 1. The molecular formula is C35H30N4O3S. The van der Waals surface area contributed by atoms with Crippen LogP contribution in [0.5, 0.6) is 0 Å². The molecule has 0 fully saturated rings. The normalized spacial score (nSPS) is 15.0. The number of para-hydroxylation sites is 1. The van der Waals surface area contributed by atoms with Gasteiger partial charge in [0.05, 0.1) is 34.5 Å². The number of nitrogens with zero attached hydrogens (tertiary/aromatic N) is 4. The molecule has 1 aliphatic rings. The van der Waals surface area contributed by atoms with Crippen LogP contribution < -0.4 is 14.9 Å². The van der Waals surface area contributed by atoms with E-state index in [0.717, 1.165) is 33.2 Å². The van der Waals surface area contributed by atoms with Crippen molar-refractivity contribution in [1.29, 1.82) is 5.26 Å². The molecule has 3 heterocycles. The lowest BCUT2D eigenvalue weighted by Crippen LogP contribution is -2.40. The second-order valence-electron chi connectivity index (χ2n) is 10.6. The molecule has 43 heavy (non-hydrogen) atoms. The van der Waals surface area contributed by atoms with E-state index in [0.29, 0.717) is 26.5 Å². The minimum absolute atomic E-state index is 0.195. The molecule has 1 atom stereocenters. The van der Waals surface area contributed by atoms with Gasteiger partial charge >= 0.3 is 5.97 Å². The van der Waals surface area contributed by atoms with Crippen LogP contribution in [0.3, 0.4) is 0 Å². The maximum Gasteiger partial charge on any atom is 0.338 e. The maximum atomic E-state index is 14.3. The Morgan fingerprint density at radius 3 is 2.49 bits per heavy atom. The van der Waals surface area contributed by atoms with Crippen molar-refractivity contribution in [3.63, 3.8) is 0 Å². The molecular weight excluding hydrogens is 556 g/mol.